The Hall–Kier alpha value is -1.82. The van der Waals surface area contributed by atoms with Gasteiger partial charge < -0.3 is 5.32 Å². The fraction of sp³-hybridized carbons (Fsp3) is 0.611. The van der Waals surface area contributed by atoms with Crippen molar-refractivity contribution in [1.82, 2.24) is 9.62 Å². The molecular weight excluding hydrogens is 438 g/mol. The SMILES string of the molecule is O=C(NCC1CCN(S(=O)(=O)C2CC2)CC1)c1cc(C(F)(F)F)cc(C(F)(F)F)c1. The quantitative estimate of drug-likeness (QED) is 0.685. The molecule has 1 amide bonds. The molecule has 1 aliphatic heterocycles. The molecule has 30 heavy (non-hydrogen) atoms. The van der Waals surface area contributed by atoms with Crippen LogP contribution >= 0.6 is 0 Å². The number of alkyl halides is 6. The summed E-state index contributed by atoms with van der Waals surface area (Å²) in [6.07, 6.45) is -7.87. The molecule has 5 nitrogen and oxygen atoms in total. The Bertz CT molecular complexity index is 869. The fourth-order valence-electron chi connectivity index (χ4n) is 3.37. The number of carbonyl (C=O) groups excluding carboxylic acids is 1. The molecule has 0 radical (unpaired) electrons. The van der Waals surface area contributed by atoms with Crippen LogP contribution < -0.4 is 5.32 Å². The highest BCUT2D eigenvalue weighted by atomic mass is 32.2. The summed E-state index contributed by atoms with van der Waals surface area (Å²) in [6, 6.07) is 0.734. The Labute approximate surface area is 169 Å². The van der Waals surface area contributed by atoms with Gasteiger partial charge in [-0.25, -0.2) is 12.7 Å². The van der Waals surface area contributed by atoms with Crippen molar-refractivity contribution in [3.8, 4) is 0 Å². The van der Waals surface area contributed by atoms with Gasteiger partial charge in [-0.1, -0.05) is 0 Å². The van der Waals surface area contributed by atoms with Crippen LogP contribution in [0.25, 0.3) is 0 Å². The van der Waals surface area contributed by atoms with E-state index in [-0.39, 0.29) is 36.9 Å². The van der Waals surface area contributed by atoms with Gasteiger partial charge in [0.15, 0.2) is 0 Å². The Morgan fingerprint density at radius 2 is 1.43 bits per heavy atom. The van der Waals surface area contributed by atoms with Crippen molar-refractivity contribution in [2.45, 2.75) is 43.3 Å². The average molecular weight is 458 g/mol. The minimum Gasteiger partial charge on any atom is -0.352 e. The van der Waals surface area contributed by atoms with Crippen molar-refractivity contribution >= 4 is 15.9 Å². The number of nitrogens with one attached hydrogen (secondary N) is 1. The molecule has 1 heterocycles. The van der Waals surface area contributed by atoms with Gasteiger partial charge in [0.05, 0.1) is 16.4 Å². The van der Waals surface area contributed by atoms with Crippen LogP contribution in [-0.4, -0.2) is 43.5 Å². The van der Waals surface area contributed by atoms with Crippen LogP contribution in [0.3, 0.4) is 0 Å². The normalized spacial score (nSPS) is 19.7. The van der Waals surface area contributed by atoms with E-state index in [2.05, 4.69) is 5.32 Å². The van der Waals surface area contributed by atoms with Crippen molar-refractivity contribution in [3.05, 3.63) is 34.9 Å². The predicted octanol–water partition coefficient (Wildman–Crippen LogP) is 3.66. The number of piperidine rings is 1. The topological polar surface area (TPSA) is 66.5 Å². The van der Waals surface area contributed by atoms with Crippen LogP contribution in [0.4, 0.5) is 26.3 Å². The molecular formula is C18H20F6N2O3S. The van der Waals surface area contributed by atoms with E-state index < -0.39 is 45.0 Å². The molecule has 1 saturated carbocycles. The lowest BCUT2D eigenvalue weighted by molar-refractivity contribution is -0.143. The van der Waals surface area contributed by atoms with Crippen molar-refractivity contribution in [1.29, 1.82) is 0 Å². The van der Waals surface area contributed by atoms with Gasteiger partial charge in [0.25, 0.3) is 5.91 Å². The van der Waals surface area contributed by atoms with E-state index in [0.29, 0.717) is 37.8 Å². The molecule has 3 rings (SSSR count). The molecule has 0 unspecified atom stereocenters. The summed E-state index contributed by atoms with van der Waals surface area (Å²) in [6.45, 7) is 0.593. The van der Waals surface area contributed by atoms with Gasteiger partial charge >= 0.3 is 12.4 Å². The molecule has 1 N–H and O–H groups in total. The number of rotatable bonds is 5. The molecule has 168 valence electrons. The van der Waals surface area contributed by atoms with Gasteiger partial charge in [0.1, 0.15) is 0 Å². The Balaban J connectivity index is 1.62. The highest BCUT2D eigenvalue weighted by Crippen LogP contribution is 2.36. The summed E-state index contributed by atoms with van der Waals surface area (Å²) >= 11 is 0. The third-order valence-corrected chi connectivity index (χ3v) is 7.68. The standard InChI is InChI=1S/C18H20F6N2O3S/c19-17(20,21)13-7-12(8-14(9-13)18(22,23)24)16(27)25-10-11-3-5-26(6-4-11)30(28,29)15-1-2-15/h7-9,11,15H,1-6,10H2,(H,25,27). The molecule has 1 aromatic carbocycles. The minimum atomic E-state index is -5.03. The lowest BCUT2D eigenvalue weighted by Gasteiger charge is -2.31. The van der Waals surface area contributed by atoms with Gasteiger partial charge in [0, 0.05) is 25.2 Å². The molecule has 1 aliphatic carbocycles. The van der Waals surface area contributed by atoms with Crippen molar-refractivity contribution in [2.75, 3.05) is 19.6 Å². The van der Waals surface area contributed by atoms with E-state index in [4.69, 9.17) is 0 Å². The first-order chi connectivity index (χ1) is 13.8. The molecule has 0 aromatic heterocycles. The molecule has 12 heteroatoms. The van der Waals surface area contributed by atoms with Gasteiger partial charge in [0.2, 0.25) is 10.0 Å². The molecule has 1 saturated heterocycles. The first-order valence-electron chi connectivity index (χ1n) is 9.35. The minimum absolute atomic E-state index is 0.0349. The van der Waals surface area contributed by atoms with Gasteiger partial charge in [-0.05, 0) is 49.8 Å². The number of carbonyl (C=O) groups is 1. The maximum absolute atomic E-state index is 12.9. The Morgan fingerprint density at radius 1 is 0.933 bits per heavy atom. The summed E-state index contributed by atoms with van der Waals surface area (Å²) in [5.41, 5.74) is -3.84. The molecule has 2 aliphatic rings. The van der Waals surface area contributed by atoms with Gasteiger partial charge in [-0.2, -0.15) is 26.3 Å². The summed E-state index contributed by atoms with van der Waals surface area (Å²) in [7, 11) is -3.29. The van der Waals surface area contributed by atoms with Crippen LogP contribution in [-0.2, 0) is 22.4 Å². The van der Waals surface area contributed by atoms with E-state index in [1.54, 1.807) is 0 Å². The lowest BCUT2D eigenvalue weighted by atomic mass is 9.98. The second-order valence-corrected chi connectivity index (χ2v) is 9.80. The first kappa shape index (κ1) is 22.9. The number of halogens is 6. The molecule has 0 atom stereocenters. The summed E-state index contributed by atoms with van der Waals surface area (Å²) in [5.74, 6) is -1.16. The second-order valence-electron chi connectivity index (χ2n) is 7.59. The van der Waals surface area contributed by atoms with Crippen LogP contribution in [0.5, 0.6) is 0 Å². The van der Waals surface area contributed by atoms with E-state index in [1.165, 1.54) is 4.31 Å². The second kappa shape index (κ2) is 8.03. The number of hydrogen-bond donors (Lipinski definition) is 1. The van der Waals surface area contributed by atoms with E-state index >= 15 is 0 Å². The number of benzene rings is 1. The van der Waals surface area contributed by atoms with Crippen LogP contribution in [0.15, 0.2) is 18.2 Å². The largest absolute Gasteiger partial charge is 0.416 e. The van der Waals surface area contributed by atoms with Gasteiger partial charge in [-0.3, -0.25) is 4.79 Å². The Kier molecular flexibility index (Phi) is 6.11. The van der Waals surface area contributed by atoms with Gasteiger partial charge in [-0.15, -0.1) is 0 Å². The van der Waals surface area contributed by atoms with E-state index in [0.717, 1.165) is 0 Å². The lowest BCUT2D eigenvalue weighted by Crippen LogP contribution is -2.42. The monoisotopic (exact) mass is 458 g/mol. The van der Waals surface area contributed by atoms with Crippen LogP contribution in [0.2, 0.25) is 0 Å². The number of nitrogens with zero attached hydrogens (tertiary/aromatic N) is 1. The summed E-state index contributed by atoms with van der Waals surface area (Å²) in [4.78, 5) is 12.2. The van der Waals surface area contributed by atoms with Crippen LogP contribution in [0, 0.1) is 5.92 Å². The smallest absolute Gasteiger partial charge is 0.352 e. The number of amides is 1. The average Bonchev–Trinajstić information content (AvgIpc) is 3.50. The zero-order chi connectivity index (χ0) is 22.3. The number of sulfonamides is 1. The van der Waals surface area contributed by atoms with Crippen molar-refractivity contribution in [2.24, 2.45) is 5.92 Å². The van der Waals surface area contributed by atoms with Crippen molar-refractivity contribution in [3.63, 3.8) is 0 Å². The third-order valence-electron chi connectivity index (χ3n) is 5.28. The highest BCUT2D eigenvalue weighted by molar-refractivity contribution is 7.90. The summed E-state index contributed by atoms with van der Waals surface area (Å²) < 4.78 is 103. The van der Waals surface area contributed by atoms with E-state index in [1.807, 2.05) is 0 Å². The maximum Gasteiger partial charge on any atom is 0.416 e. The first-order valence-corrected chi connectivity index (χ1v) is 10.9. The molecule has 0 bridgehead atoms. The zero-order valence-electron chi connectivity index (χ0n) is 15.7. The van der Waals surface area contributed by atoms with Crippen molar-refractivity contribution < 1.29 is 39.6 Å². The molecule has 1 aromatic rings. The number of hydrogen-bond acceptors (Lipinski definition) is 3. The molecule has 0 spiro atoms. The summed E-state index contributed by atoms with van der Waals surface area (Å²) in [5, 5.41) is 2.05. The van der Waals surface area contributed by atoms with E-state index in [9.17, 15) is 39.6 Å². The molecule has 2 fully saturated rings. The Morgan fingerprint density at radius 3 is 1.87 bits per heavy atom. The maximum atomic E-state index is 12.9. The third kappa shape index (κ3) is 5.26. The predicted molar refractivity (Wildman–Crippen MR) is 95.0 cm³/mol. The van der Waals surface area contributed by atoms with Crippen LogP contribution in [0.1, 0.15) is 47.2 Å². The fourth-order valence-corrected chi connectivity index (χ4v) is 5.24. The zero-order valence-corrected chi connectivity index (χ0v) is 16.5. The highest BCUT2D eigenvalue weighted by Gasteiger charge is 2.41.